The minimum Gasteiger partial charge on any atom is -0.369 e. The molecule has 1 amide bonds. The third-order valence-electron chi connectivity index (χ3n) is 3.76. The molecule has 1 unspecified atom stereocenters. The van der Waals surface area contributed by atoms with Gasteiger partial charge in [0.05, 0.1) is 10.7 Å². The zero-order chi connectivity index (χ0) is 15.4. The van der Waals surface area contributed by atoms with Crippen molar-refractivity contribution in [3.8, 4) is 0 Å². The molecule has 1 fully saturated rings. The van der Waals surface area contributed by atoms with Crippen LogP contribution in [0, 0.1) is 5.92 Å². The fraction of sp³-hybridized carbons (Fsp3) is 0.562. The van der Waals surface area contributed by atoms with Gasteiger partial charge in [-0.1, -0.05) is 25.4 Å². The number of halogens is 1. The van der Waals surface area contributed by atoms with Crippen molar-refractivity contribution in [3.05, 3.63) is 28.8 Å². The number of benzene rings is 1. The lowest BCUT2D eigenvalue weighted by molar-refractivity contribution is 0.100. The molecular formula is C16H24ClN3O. The Labute approximate surface area is 131 Å². The molecule has 1 aliphatic rings. The molecule has 4 nitrogen and oxygen atoms in total. The first-order chi connectivity index (χ1) is 9.97. The third-order valence-corrected chi connectivity index (χ3v) is 4.06. The monoisotopic (exact) mass is 309 g/mol. The van der Waals surface area contributed by atoms with Gasteiger partial charge in [-0.25, -0.2) is 0 Å². The van der Waals surface area contributed by atoms with Gasteiger partial charge in [-0.2, -0.15) is 0 Å². The van der Waals surface area contributed by atoms with Gasteiger partial charge in [0, 0.05) is 24.7 Å². The Morgan fingerprint density at radius 1 is 1.52 bits per heavy atom. The van der Waals surface area contributed by atoms with Crippen molar-refractivity contribution in [3.63, 3.8) is 0 Å². The van der Waals surface area contributed by atoms with Crippen LogP contribution < -0.4 is 16.0 Å². The van der Waals surface area contributed by atoms with Crippen molar-refractivity contribution in [2.45, 2.75) is 32.7 Å². The molecule has 1 atom stereocenters. The van der Waals surface area contributed by atoms with Crippen LogP contribution in [0.3, 0.4) is 0 Å². The Balaban J connectivity index is 2.20. The van der Waals surface area contributed by atoms with E-state index in [9.17, 15) is 4.79 Å². The first kappa shape index (κ1) is 16.1. The quantitative estimate of drug-likeness (QED) is 0.849. The molecule has 0 saturated carbocycles. The molecule has 0 spiro atoms. The first-order valence-electron chi connectivity index (χ1n) is 7.55. The van der Waals surface area contributed by atoms with Gasteiger partial charge in [-0.05, 0) is 43.5 Å². The molecule has 1 saturated heterocycles. The van der Waals surface area contributed by atoms with E-state index in [-0.39, 0.29) is 0 Å². The van der Waals surface area contributed by atoms with Crippen LogP contribution in [0.15, 0.2) is 18.2 Å². The second-order valence-electron chi connectivity index (χ2n) is 6.12. The number of carbonyl (C=O) groups is 1. The molecule has 0 aliphatic carbocycles. The summed E-state index contributed by atoms with van der Waals surface area (Å²) in [6.45, 7) is 7.36. The average molecular weight is 310 g/mol. The van der Waals surface area contributed by atoms with Crippen LogP contribution in [-0.2, 0) is 0 Å². The van der Waals surface area contributed by atoms with Crippen LogP contribution in [0.2, 0.25) is 5.02 Å². The molecule has 5 heteroatoms. The van der Waals surface area contributed by atoms with Crippen molar-refractivity contribution < 1.29 is 4.79 Å². The number of hydrogen-bond donors (Lipinski definition) is 2. The van der Waals surface area contributed by atoms with Gasteiger partial charge in [-0.15, -0.1) is 0 Å². The van der Waals surface area contributed by atoms with Crippen LogP contribution in [0.4, 0.5) is 5.69 Å². The summed E-state index contributed by atoms with van der Waals surface area (Å²) in [5.74, 6) is 0.0922. The van der Waals surface area contributed by atoms with E-state index in [4.69, 9.17) is 17.3 Å². The second-order valence-corrected chi connectivity index (χ2v) is 6.53. The van der Waals surface area contributed by atoms with E-state index in [1.807, 2.05) is 6.07 Å². The summed E-state index contributed by atoms with van der Waals surface area (Å²) < 4.78 is 0. The van der Waals surface area contributed by atoms with Gasteiger partial charge < -0.3 is 16.0 Å². The molecule has 0 bridgehead atoms. The minimum absolute atomic E-state index is 0.448. The third kappa shape index (κ3) is 4.35. The van der Waals surface area contributed by atoms with Gasteiger partial charge in [0.2, 0.25) is 5.91 Å². The molecule has 1 aliphatic heterocycles. The summed E-state index contributed by atoms with van der Waals surface area (Å²) in [6.07, 6.45) is 2.43. The van der Waals surface area contributed by atoms with Gasteiger partial charge in [0.15, 0.2) is 0 Å². The Kier molecular flexibility index (Phi) is 5.48. The van der Waals surface area contributed by atoms with Gasteiger partial charge in [-0.3, -0.25) is 4.79 Å². The van der Waals surface area contributed by atoms with E-state index < -0.39 is 5.91 Å². The first-order valence-corrected chi connectivity index (χ1v) is 7.93. The number of primary amides is 1. The maximum absolute atomic E-state index is 11.2. The largest absolute Gasteiger partial charge is 0.369 e. The molecule has 2 rings (SSSR count). The van der Waals surface area contributed by atoms with E-state index in [0.29, 0.717) is 22.5 Å². The van der Waals surface area contributed by atoms with Crippen LogP contribution in [0.25, 0.3) is 0 Å². The number of nitrogens with zero attached hydrogens (tertiary/aromatic N) is 1. The number of amides is 1. The van der Waals surface area contributed by atoms with Crippen molar-refractivity contribution >= 4 is 23.2 Å². The summed E-state index contributed by atoms with van der Waals surface area (Å²) in [5, 5.41) is 4.11. The highest BCUT2D eigenvalue weighted by Crippen LogP contribution is 2.28. The molecule has 3 N–H and O–H groups in total. The van der Waals surface area contributed by atoms with Crippen LogP contribution in [0.1, 0.15) is 37.0 Å². The van der Waals surface area contributed by atoms with Gasteiger partial charge in [0.1, 0.15) is 0 Å². The minimum atomic E-state index is -0.448. The Hall–Kier alpha value is -1.26. The number of anilines is 1. The van der Waals surface area contributed by atoms with Crippen molar-refractivity contribution in [2.24, 2.45) is 11.7 Å². The van der Waals surface area contributed by atoms with Crippen molar-refractivity contribution in [2.75, 3.05) is 24.5 Å². The lowest BCUT2D eigenvalue weighted by atomic mass is 10.1. The lowest BCUT2D eigenvalue weighted by Crippen LogP contribution is -2.39. The van der Waals surface area contributed by atoms with Crippen LogP contribution >= 0.6 is 11.6 Å². The smallest absolute Gasteiger partial charge is 0.248 e. The SMILES string of the molecule is CC(C)CN(CC1CCCN1)c1ccc(C(N)=O)cc1Cl. The van der Waals surface area contributed by atoms with E-state index in [2.05, 4.69) is 24.1 Å². The van der Waals surface area contributed by atoms with E-state index >= 15 is 0 Å². The van der Waals surface area contributed by atoms with E-state index in [1.165, 1.54) is 12.8 Å². The van der Waals surface area contributed by atoms with Crippen LogP contribution in [0.5, 0.6) is 0 Å². The normalized spacial score (nSPS) is 18.2. The number of nitrogens with two attached hydrogens (primary N) is 1. The van der Waals surface area contributed by atoms with Gasteiger partial charge >= 0.3 is 0 Å². The number of nitrogens with one attached hydrogen (secondary N) is 1. The molecule has 21 heavy (non-hydrogen) atoms. The molecule has 1 heterocycles. The highest BCUT2D eigenvalue weighted by atomic mass is 35.5. The molecule has 1 aromatic rings. The zero-order valence-electron chi connectivity index (χ0n) is 12.7. The highest BCUT2D eigenvalue weighted by molar-refractivity contribution is 6.33. The highest BCUT2D eigenvalue weighted by Gasteiger charge is 2.20. The second kappa shape index (κ2) is 7.14. The Bertz CT molecular complexity index is 498. The van der Waals surface area contributed by atoms with Gasteiger partial charge in [0.25, 0.3) is 0 Å². The summed E-state index contributed by atoms with van der Waals surface area (Å²) in [4.78, 5) is 13.5. The van der Waals surface area contributed by atoms with E-state index in [0.717, 1.165) is 25.3 Å². The van der Waals surface area contributed by atoms with Crippen LogP contribution in [-0.4, -0.2) is 31.6 Å². The summed E-state index contributed by atoms with van der Waals surface area (Å²) in [7, 11) is 0. The standard InChI is InChI=1S/C16H24ClN3O/c1-11(2)9-20(10-13-4-3-7-19-13)15-6-5-12(16(18)21)8-14(15)17/h5-6,8,11,13,19H,3-4,7,9-10H2,1-2H3,(H2,18,21). The summed E-state index contributed by atoms with van der Waals surface area (Å²) in [6, 6.07) is 5.82. The number of rotatable bonds is 6. The topological polar surface area (TPSA) is 58.4 Å². The molecule has 0 radical (unpaired) electrons. The predicted octanol–water partition coefficient (Wildman–Crippen LogP) is 2.65. The summed E-state index contributed by atoms with van der Waals surface area (Å²) >= 11 is 6.37. The van der Waals surface area contributed by atoms with Crippen molar-refractivity contribution in [1.82, 2.24) is 5.32 Å². The summed E-state index contributed by atoms with van der Waals surface area (Å²) in [5.41, 5.74) is 6.73. The van der Waals surface area contributed by atoms with Crippen molar-refractivity contribution in [1.29, 1.82) is 0 Å². The lowest BCUT2D eigenvalue weighted by Gasteiger charge is -2.30. The molecule has 116 valence electrons. The average Bonchev–Trinajstić information content (AvgIpc) is 2.90. The van der Waals surface area contributed by atoms with E-state index in [1.54, 1.807) is 12.1 Å². The number of carbonyl (C=O) groups excluding carboxylic acids is 1. The predicted molar refractivity (Wildman–Crippen MR) is 88.0 cm³/mol. The Morgan fingerprint density at radius 3 is 2.81 bits per heavy atom. The Morgan fingerprint density at radius 2 is 2.29 bits per heavy atom. The fourth-order valence-corrected chi connectivity index (χ4v) is 3.11. The molecular weight excluding hydrogens is 286 g/mol. The molecule has 0 aromatic heterocycles. The fourth-order valence-electron chi connectivity index (χ4n) is 2.81. The number of hydrogen-bond acceptors (Lipinski definition) is 3. The molecule has 1 aromatic carbocycles. The zero-order valence-corrected chi connectivity index (χ0v) is 13.5. The maximum Gasteiger partial charge on any atom is 0.248 e. The maximum atomic E-state index is 11.2.